The Labute approximate surface area is 134 Å². The van der Waals surface area contributed by atoms with E-state index in [1.54, 1.807) is 0 Å². The van der Waals surface area contributed by atoms with Gasteiger partial charge in [-0.1, -0.05) is 24.4 Å². The van der Waals surface area contributed by atoms with Gasteiger partial charge in [0.15, 0.2) is 0 Å². The number of benzene rings is 1. The second-order valence-corrected chi connectivity index (χ2v) is 8.37. The van der Waals surface area contributed by atoms with E-state index in [2.05, 4.69) is 15.9 Å². The van der Waals surface area contributed by atoms with Crippen LogP contribution in [0.3, 0.4) is 0 Å². The molecule has 1 aromatic rings. The highest BCUT2D eigenvalue weighted by atomic mass is 79.9. The molecule has 2 rings (SSSR count). The first-order chi connectivity index (χ1) is 9.29. The SMILES string of the molecule is O=C(OCCC1CC1)c1cc(S(=O)(=O)Cl)cc(Br)c1Cl. The molecule has 0 heterocycles. The van der Waals surface area contributed by atoms with Crippen LogP contribution in [0.15, 0.2) is 21.5 Å². The normalized spacial score (nSPS) is 15.2. The van der Waals surface area contributed by atoms with E-state index < -0.39 is 15.0 Å². The summed E-state index contributed by atoms with van der Waals surface area (Å²) in [5.41, 5.74) is -0.0175. The van der Waals surface area contributed by atoms with Crippen molar-refractivity contribution in [3.8, 4) is 0 Å². The predicted molar refractivity (Wildman–Crippen MR) is 79.8 cm³/mol. The van der Waals surface area contributed by atoms with Gasteiger partial charge in [-0.05, 0) is 40.4 Å². The van der Waals surface area contributed by atoms with Gasteiger partial charge in [0, 0.05) is 15.2 Å². The molecule has 0 spiro atoms. The summed E-state index contributed by atoms with van der Waals surface area (Å²) in [4.78, 5) is 11.7. The minimum Gasteiger partial charge on any atom is -0.462 e. The van der Waals surface area contributed by atoms with Crippen molar-refractivity contribution in [1.82, 2.24) is 0 Å². The first kappa shape index (κ1) is 16.1. The van der Waals surface area contributed by atoms with Crippen molar-refractivity contribution in [3.05, 3.63) is 27.2 Å². The fourth-order valence-corrected chi connectivity index (χ4v) is 3.24. The molecule has 0 unspecified atom stereocenters. The van der Waals surface area contributed by atoms with E-state index in [1.807, 2.05) is 0 Å². The van der Waals surface area contributed by atoms with Crippen LogP contribution in [0.25, 0.3) is 0 Å². The second kappa shape index (κ2) is 6.22. The number of esters is 1. The van der Waals surface area contributed by atoms with Crippen LogP contribution >= 0.6 is 38.2 Å². The molecule has 0 saturated heterocycles. The maximum Gasteiger partial charge on any atom is 0.339 e. The predicted octanol–water partition coefficient (Wildman–Crippen LogP) is 3.99. The third kappa shape index (κ3) is 4.10. The number of hydrogen-bond donors (Lipinski definition) is 0. The zero-order chi connectivity index (χ0) is 14.9. The maximum atomic E-state index is 11.9. The summed E-state index contributed by atoms with van der Waals surface area (Å²) in [5, 5.41) is 0.102. The van der Waals surface area contributed by atoms with E-state index >= 15 is 0 Å². The minimum absolute atomic E-state index is 0.0175. The van der Waals surface area contributed by atoms with Gasteiger partial charge in [-0.2, -0.15) is 0 Å². The first-order valence-corrected chi connectivity index (χ1v) is 9.38. The van der Waals surface area contributed by atoms with Crippen molar-refractivity contribution < 1.29 is 17.9 Å². The van der Waals surface area contributed by atoms with Crippen molar-refractivity contribution in [2.75, 3.05) is 6.61 Å². The topological polar surface area (TPSA) is 60.4 Å². The molecular weight excluding hydrogens is 391 g/mol. The molecule has 1 fully saturated rings. The Morgan fingerprint density at radius 3 is 2.60 bits per heavy atom. The van der Waals surface area contributed by atoms with E-state index in [9.17, 15) is 13.2 Å². The summed E-state index contributed by atoms with van der Waals surface area (Å²) >= 11 is 9.07. The average molecular weight is 402 g/mol. The summed E-state index contributed by atoms with van der Waals surface area (Å²) in [6.45, 7) is 0.301. The van der Waals surface area contributed by atoms with Gasteiger partial charge in [0.25, 0.3) is 9.05 Å². The lowest BCUT2D eigenvalue weighted by molar-refractivity contribution is 0.0494. The molecule has 0 amide bonds. The van der Waals surface area contributed by atoms with Crippen LogP contribution in [0.2, 0.25) is 5.02 Å². The monoisotopic (exact) mass is 400 g/mol. The van der Waals surface area contributed by atoms with Gasteiger partial charge in [0.1, 0.15) is 0 Å². The van der Waals surface area contributed by atoms with Crippen LogP contribution < -0.4 is 0 Å². The molecule has 0 bridgehead atoms. The van der Waals surface area contributed by atoms with Crippen molar-refractivity contribution in [1.29, 1.82) is 0 Å². The van der Waals surface area contributed by atoms with E-state index in [1.165, 1.54) is 18.9 Å². The fraction of sp³-hybridized carbons (Fsp3) is 0.417. The van der Waals surface area contributed by atoms with Crippen molar-refractivity contribution >= 4 is 53.2 Å². The third-order valence-corrected chi connectivity index (χ3v) is 5.55. The Bertz CT molecular complexity index is 641. The Morgan fingerprint density at radius 1 is 1.40 bits per heavy atom. The van der Waals surface area contributed by atoms with E-state index in [-0.39, 0.29) is 20.0 Å². The highest BCUT2D eigenvalue weighted by Gasteiger charge is 2.23. The molecule has 0 aromatic heterocycles. The molecule has 0 radical (unpaired) electrons. The number of carbonyl (C=O) groups excluding carboxylic acids is 1. The van der Waals surface area contributed by atoms with E-state index in [4.69, 9.17) is 27.0 Å². The molecule has 1 aliphatic rings. The Hall–Kier alpha value is -0.300. The Balaban J connectivity index is 2.20. The molecule has 1 saturated carbocycles. The van der Waals surface area contributed by atoms with Gasteiger partial charge in [-0.3, -0.25) is 0 Å². The molecule has 8 heteroatoms. The van der Waals surface area contributed by atoms with Gasteiger partial charge in [-0.15, -0.1) is 0 Å². The van der Waals surface area contributed by atoms with Crippen molar-refractivity contribution in [2.45, 2.75) is 24.2 Å². The zero-order valence-electron chi connectivity index (χ0n) is 10.2. The summed E-state index contributed by atoms with van der Waals surface area (Å²) in [7, 11) is 1.32. The quantitative estimate of drug-likeness (QED) is 0.552. The smallest absolute Gasteiger partial charge is 0.339 e. The van der Waals surface area contributed by atoms with Gasteiger partial charge in [0.2, 0.25) is 0 Å². The highest BCUT2D eigenvalue weighted by Crippen LogP contribution is 2.33. The molecule has 4 nitrogen and oxygen atoms in total. The highest BCUT2D eigenvalue weighted by molar-refractivity contribution is 9.10. The van der Waals surface area contributed by atoms with Crippen LogP contribution in [-0.4, -0.2) is 21.0 Å². The number of halogens is 3. The van der Waals surface area contributed by atoms with E-state index in [0.717, 1.165) is 12.5 Å². The Morgan fingerprint density at radius 2 is 2.05 bits per heavy atom. The van der Waals surface area contributed by atoms with Crippen molar-refractivity contribution in [2.24, 2.45) is 5.92 Å². The summed E-state index contributed by atoms with van der Waals surface area (Å²) in [6.07, 6.45) is 3.16. The lowest BCUT2D eigenvalue weighted by Crippen LogP contribution is -2.09. The van der Waals surface area contributed by atoms with E-state index in [0.29, 0.717) is 12.5 Å². The molecule has 1 aliphatic carbocycles. The van der Waals surface area contributed by atoms with Gasteiger partial charge in [-0.25, -0.2) is 13.2 Å². The molecule has 20 heavy (non-hydrogen) atoms. The molecular formula is C12H11BrCl2O4S. The number of hydrogen-bond acceptors (Lipinski definition) is 4. The van der Waals surface area contributed by atoms with Gasteiger partial charge in [0.05, 0.1) is 22.1 Å². The van der Waals surface area contributed by atoms with Gasteiger partial charge < -0.3 is 4.74 Å². The molecule has 0 atom stereocenters. The number of rotatable bonds is 5. The molecule has 0 N–H and O–H groups in total. The maximum absolute atomic E-state index is 11.9. The van der Waals surface area contributed by atoms with Crippen LogP contribution in [-0.2, 0) is 13.8 Å². The summed E-state index contributed by atoms with van der Waals surface area (Å²) in [5.74, 6) is -0.0157. The number of ether oxygens (including phenoxy) is 1. The van der Waals surface area contributed by atoms with Crippen LogP contribution in [0, 0.1) is 5.92 Å². The summed E-state index contributed by atoms with van der Waals surface area (Å²) in [6, 6.07) is 2.36. The lowest BCUT2D eigenvalue weighted by Gasteiger charge is -2.08. The fourth-order valence-electron chi connectivity index (χ4n) is 1.66. The van der Waals surface area contributed by atoms with Crippen LogP contribution in [0.1, 0.15) is 29.6 Å². The lowest BCUT2D eigenvalue weighted by atomic mass is 10.2. The molecule has 1 aromatic carbocycles. The minimum atomic E-state index is -3.95. The van der Waals surface area contributed by atoms with Crippen LogP contribution in [0.5, 0.6) is 0 Å². The summed E-state index contributed by atoms with van der Waals surface area (Å²) < 4.78 is 28.0. The largest absolute Gasteiger partial charge is 0.462 e. The standard InChI is InChI=1S/C12H11BrCl2O4S/c13-10-6-8(20(15,17)18)5-9(11(10)14)12(16)19-4-3-7-1-2-7/h5-7H,1-4H2. The van der Waals surface area contributed by atoms with Crippen molar-refractivity contribution in [3.63, 3.8) is 0 Å². The average Bonchev–Trinajstić information content (AvgIpc) is 3.15. The van der Waals surface area contributed by atoms with Crippen LogP contribution in [0.4, 0.5) is 0 Å². The van der Waals surface area contributed by atoms with Gasteiger partial charge >= 0.3 is 5.97 Å². The Kier molecular flexibility index (Phi) is 5.00. The zero-order valence-corrected chi connectivity index (χ0v) is 14.1. The first-order valence-electron chi connectivity index (χ1n) is 5.90. The second-order valence-electron chi connectivity index (χ2n) is 4.57. The third-order valence-electron chi connectivity index (χ3n) is 2.96. The molecule has 0 aliphatic heterocycles. The molecule has 110 valence electrons. The number of carbonyl (C=O) groups is 1.